The molecular weight excluding hydrogens is 216 g/mol. The number of nitrogens with one attached hydrogen (secondary N) is 1. The second kappa shape index (κ2) is 6.08. The van der Waals surface area contributed by atoms with Gasteiger partial charge in [-0.1, -0.05) is 19.8 Å². The lowest BCUT2D eigenvalue weighted by molar-refractivity contribution is 0.100. The third kappa shape index (κ3) is 3.94. The van der Waals surface area contributed by atoms with E-state index in [2.05, 4.69) is 24.1 Å². The molecule has 0 fully saturated rings. The molecule has 5 heteroatoms. The van der Waals surface area contributed by atoms with Gasteiger partial charge in [0.05, 0.1) is 17.4 Å². The largest absolute Gasteiger partial charge is 0.397 e. The average Bonchev–Trinajstić information content (AvgIpc) is 2.28. The van der Waals surface area contributed by atoms with Crippen LogP contribution in [0, 0.1) is 0 Å². The van der Waals surface area contributed by atoms with Crippen molar-refractivity contribution < 1.29 is 4.79 Å². The first kappa shape index (κ1) is 13.3. The number of hydrogen-bond donors (Lipinski definition) is 3. The second-order valence-corrected chi connectivity index (χ2v) is 4.22. The minimum atomic E-state index is -0.519. The molecule has 0 spiro atoms. The van der Waals surface area contributed by atoms with Gasteiger partial charge in [-0.15, -0.1) is 0 Å². The summed E-state index contributed by atoms with van der Waals surface area (Å²) in [5.41, 5.74) is 11.6. The lowest BCUT2D eigenvalue weighted by Crippen LogP contribution is -2.21. The van der Waals surface area contributed by atoms with Crippen LogP contribution >= 0.6 is 0 Å². The van der Waals surface area contributed by atoms with Crippen molar-refractivity contribution in [1.82, 2.24) is 4.98 Å². The Balaban J connectivity index is 2.79. The minimum absolute atomic E-state index is 0.254. The number of primary amides is 1. The van der Waals surface area contributed by atoms with Gasteiger partial charge in [-0.2, -0.15) is 0 Å². The zero-order valence-corrected chi connectivity index (χ0v) is 10.4. The van der Waals surface area contributed by atoms with Crippen LogP contribution in [-0.4, -0.2) is 16.9 Å². The summed E-state index contributed by atoms with van der Waals surface area (Å²) in [5, 5.41) is 3.19. The summed E-state index contributed by atoms with van der Waals surface area (Å²) in [6.07, 6.45) is 4.82. The first-order valence-electron chi connectivity index (χ1n) is 5.86. The monoisotopic (exact) mass is 236 g/mol. The molecule has 1 amide bonds. The zero-order chi connectivity index (χ0) is 12.8. The summed E-state index contributed by atoms with van der Waals surface area (Å²) in [7, 11) is 0. The third-order valence-electron chi connectivity index (χ3n) is 2.55. The number of nitrogens with two attached hydrogens (primary N) is 2. The fraction of sp³-hybridized carbons (Fsp3) is 0.500. The Kier molecular flexibility index (Phi) is 4.75. The predicted octanol–water partition coefficient (Wildman–Crippen LogP) is 1.75. The van der Waals surface area contributed by atoms with E-state index >= 15 is 0 Å². The van der Waals surface area contributed by atoms with Crippen molar-refractivity contribution in [2.45, 2.75) is 39.2 Å². The molecule has 0 aliphatic heterocycles. The van der Waals surface area contributed by atoms with E-state index in [-0.39, 0.29) is 6.04 Å². The number of amides is 1. The highest BCUT2D eigenvalue weighted by Crippen LogP contribution is 2.17. The van der Waals surface area contributed by atoms with Crippen molar-refractivity contribution in [3.8, 4) is 0 Å². The van der Waals surface area contributed by atoms with E-state index in [1.807, 2.05) is 0 Å². The zero-order valence-electron chi connectivity index (χ0n) is 10.4. The SMILES string of the molecule is CCCCC(C)Nc1ncc(N)cc1C(N)=O. The lowest BCUT2D eigenvalue weighted by atomic mass is 10.1. The van der Waals surface area contributed by atoms with Crippen LogP contribution in [0.25, 0.3) is 0 Å². The van der Waals surface area contributed by atoms with Crippen molar-refractivity contribution in [3.63, 3.8) is 0 Å². The Hall–Kier alpha value is -1.78. The summed E-state index contributed by atoms with van der Waals surface area (Å²) in [4.78, 5) is 15.4. The minimum Gasteiger partial charge on any atom is -0.397 e. The highest BCUT2D eigenvalue weighted by Gasteiger charge is 2.12. The first-order chi connectivity index (χ1) is 8.04. The van der Waals surface area contributed by atoms with Crippen molar-refractivity contribution in [1.29, 1.82) is 0 Å². The molecule has 0 bridgehead atoms. The molecule has 0 saturated carbocycles. The van der Waals surface area contributed by atoms with E-state index in [0.717, 1.165) is 19.3 Å². The van der Waals surface area contributed by atoms with Crippen LogP contribution in [0.2, 0.25) is 0 Å². The van der Waals surface area contributed by atoms with E-state index in [9.17, 15) is 4.79 Å². The lowest BCUT2D eigenvalue weighted by Gasteiger charge is -2.16. The number of carbonyl (C=O) groups is 1. The molecule has 0 radical (unpaired) electrons. The van der Waals surface area contributed by atoms with Gasteiger partial charge in [-0.25, -0.2) is 4.98 Å². The predicted molar refractivity (Wildman–Crippen MR) is 69.8 cm³/mol. The number of aromatic nitrogens is 1. The standard InChI is InChI=1S/C12H20N4O/c1-3-4-5-8(2)16-12-10(11(14)17)6-9(13)7-15-12/h6-8H,3-5,13H2,1-2H3,(H2,14,17)(H,15,16). The van der Waals surface area contributed by atoms with Crippen LogP contribution in [0.4, 0.5) is 11.5 Å². The fourth-order valence-electron chi connectivity index (χ4n) is 1.60. The van der Waals surface area contributed by atoms with Crippen LogP contribution in [0.3, 0.4) is 0 Å². The molecule has 1 rings (SSSR count). The topological polar surface area (TPSA) is 94.0 Å². The molecule has 0 aromatic carbocycles. The molecule has 1 aromatic heterocycles. The van der Waals surface area contributed by atoms with Gasteiger partial charge in [0.15, 0.2) is 0 Å². The van der Waals surface area contributed by atoms with Crippen LogP contribution in [0.5, 0.6) is 0 Å². The quantitative estimate of drug-likeness (QED) is 0.701. The molecule has 1 atom stereocenters. The molecule has 5 N–H and O–H groups in total. The van der Waals surface area contributed by atoms with Gasteiger partial charge in [0.25, 0.3) is 5.91 Å². The van der Waals surface area contributed by atoms with E-state index in [1.54, 1.807) is 6.07 Å². The molecule has 5 nitrogen and oxygen atoms in total. The van der Waals surface area contributed by atoms with Crippen molar-refractivity contribution in [2.24, 2.45) is 5.73 Å². The summed E-state index contributed by atoms with van der Waals surface area (Å²) < 4.78 is 0. The Morgan fingerprint density at radius 1 is 1.59 bits per heavy atom. The van der Waals surface area contributed by atoms with Crippen LogP contribution < -0.4 is 16.8 Å². The Labute approximate surface area is 102 Å². The molecular formula is C12H20N4O. The second-order valence-electron chi connectivity index (χ2n) is 4.22. The van der Waals surface area contributed by atoms with Gasteiger partial charge in [0, 0.05) is 6.04 Å². The molecule has 0 saturated heterocycles. The van der Waals surface area contributed by atoms with Gasteiger partial charge in [-0.3, -0.25) is 4.79 Å². The fourth-order valence-corrected chi connectivity index (χ4v) is 1.60. The molecule has 94 valence electrons. The number of rotatable bonds is 6. The van der Waals surface area contributed by atoms with Crippen LogP contribution in [0.1, 0.15) is 43.5 Å². The summed E-state index contributed by atoms with van der Waals surface area (Å²) in [5.74, 6) is -0.00899. The number of unbranched alkanes of at least 4 members (excludes halogenated alkanes) is 1. The Morgan fingerprint density at radius 2 is 2.29 bits per heavy atom. The van der Waals surface area contributed by atoms with Crippen LogP contribution in [0.15, 0.2) is 12.3 Å². The molecule has 0 aliphatic carbocycles. The van der Waals surface area contributed by atoms with Gasteiger partial charge < -0.3 is 16.8 Å². The molecule has 1 heterocycles. The summed E-state index contributed by atoms with van der Waals surface area (Å²) in [6, 6.07) is 1.80. The molecule has 1 unspecified atom stereocenters. The van der Waals surface area contributed by atoms with Gasteiger partial charge in [0.2, 0.25) is 0 Å². The Bertz CT molecular complexity index is 392. The number of pyridine rings is 1. The van der Waals surface area contributed by atoms with Gasteiger partial charge >= 0.3 is 0 Å². The highest BCUT2D eigenvalue weighted by atomic mass is 16.1. The Morgan fingerprint density at radius 3 is 2.88 bits per heavy atom. The smallest absolute Gasteiger partial charge is 0.252 e. The maximum Gasteiger partial charge on any atom is 0.252 e. The number of anilines is 2. The maximum absolute atomic E-state index is 11.3. The van der Waals surface area contributed by atoms with Crippen molar-refractivity contribution in [2.75, 3.05) is 11.1 Å². The van der Waals surface area contributed by atoms with E-state index in [1.165, 1.54) is 6.20 Å². The average molecular weight is 236 g/mol. The number of nitrogens with zero attached hydrogens (tertiary/aromatic N) is 1. The third-order valence-corrected chi connectivity index (χ3v) is 2.55. The molecule has 17 heavy (non-hydrogen) atoms. The van der Waals surface area contributed by atoms with E-state index in [4.69, 9.17) is 11.5 Å². The van der Waals surface area contributed by atoms with Crippen molar-refractivity contribution >= 4 is 17.4 Å². The molecule has 1 aromatic rings. The van der Waals surface area contributed by atoms with E-state index < -0.39 is 5.91 Å². The summed E-state index contributed by atoms with van der Waals surface area (Å²) in [6.45, 7) is 4.20. The molecule has 0 aliphatic rings. The normalized spacial score (nSPS) is 12.1. The van der Waals surface area contributed by atoms with Gasteiger partial charge in [-0.05, 0) is 19.4 Å². The van der Waals surface area contributed by atoms with E-state index in [0.29, 0.717) is 17.1 Å². The highest BCUT2D eigenvalue weighted by molar-refractivity contribution is 5.98. The maximum atomic E-state index is 11.3. The number of nitrogen functional groups attached to an aromatic ring is 1. The van der Waals surface area contributed by atoms with Gasteiger partial charge in [0.1, 0.15) is 5.82 Å². The van der Waals surface area contributed by atoms with Crippen molar-refractivity contribution in [3.05, 3.63) is 17.8 Å². The van der Waals surface area contributed by atoms with Crippen LogP contribution in [-0.2, 0) is 0 Å². The first-order valence-corrected chi connectivity index (χ1v) is 5.86. The number of carbonyl (C=O) groups excluding carboxylic acids is 1. The number of hydrogen-bond acceptors (Lipinski definition) is 4. The summed E-state index contributed by atoms with van der Waals surface area (Å²) >= 11 is 0.